The number of carboxylic acid groups (broad SMARTS) is 3. The van der Waals surface area contributed by atoms with Crippen LogP contribution in [-0.2, 0) is 20.8 Å². The van der Waals surface area contributed by atoms with Crippen LogP contribution in [0.4, 0.5) is 0 Å². The first-order valence-electron chi connectivity index (χ1n) is 5.28. The van der Waals surface area contributed by atoms with Gasteiger partial charge in [0.1, 0.15) is 6.04 Å². The molecule has 0 aliphatic heterocycles. The molecule has 1 rings (SSSR count). The van der Waals surface area contributed by atoms with E-state index < -0.39 is 30.4 Å². The first kappa shape index (κ1) is 16.6. The molecule has 7 nitrogen and oxygen atoms in total. The lowest BCUT2D eigenvalue weighted by Crippen LogP contribution is -2.32. The Morgan fingerprint density at radius 1 is 1.00 bits per heavy atom. The molecule has 1 aromatic rings. The lowest BCUT2D eigenvalue weighted by molar-refractivity contribution is -0.144. The minimum Gasteiger partial charge on any atom is -0.481 e. The van der Waals surface area contributed by atoms with Crippen LogP contribution in [0.3, 0.4) is 0 Å². The molecule has 5 N–H and O–H groups in total. The van der Waals surface area contributed by atoms with Crippen LogP contribution in [0, 0.1) is 0 Å². The minimum absolute atomic E-state index is 0.112. The fourth-order valence-electron chi connectivity index (χ4n) is 1.05. The van der Waals surface area contributed by atoms with Crippen LogP contribution in [0.1, 0.15) is 12.0 Å². The molecule has 0 spiro atoms. The Morgan fingerprint density at radius 3 is 1.84 bits per heavy atom. The highest BCUT2D eigenvalue weighted by Crippen LogP contribution is 1.98. The lowest BCUT2D eigenvalue weighted by Gasteiger charge is -1.99. The Hall–Kier alpha value is -2.41. The van der Waals surface area contributed by atoms with Gasteiger partial charge in [0.25, 0.3) is 0 Å². The van der Waals surface area contributed by atoms with E-state index in [1.165, 1.54) is 0 Å². The van der Waals surface area contributed by atoms with Gasteiger partial charge < -0.3 is 21.1 Å². The van der Waals surface area contributed by atoms with Crippen LogP contribution in [0.25, 0.3) is 0 Å². The Balaban J connectivity index is 0.000000344. The summed E-state index contributed by atoms with van der Waals surface area (Å²) in [4.78, 5) is 29.8. The first-order valence-corrected chi connectivity index (χ1v) is 5.28. The SMILES string of the molecule is N[C@@H](CC(=O)O)C(=O)O.O=C(O)Cc1ccccc1. The van der Waals surface area contributed by atoms with Crippen molar-refractivity contribution >= 4 is 17.9 Å². The number of nitrogens with two attached hydrogens (primary N) is 1. The molecule has 0 bridgehead atoms. The normalized spacial score (nSPS) is 10.8. The van der Waals surface area contributed by atoms with Crippen molar-refractivity contribution < 1.29 is 29.7 Å². The van der Waals surface area contributed by atoms with Crippen molar-refractivity contribution in [2.75, 3.05) is 0 Å². The number of carbonyl (C=O) groups is 3. The third-order valence-corrected chi connectivity index (χ3v) is 1.91. The number of carboxylic acids is 3. The van der Waals surface area contributed by atoms with Crippen LogP contribution < -0.4 is 5.73 Å². The fraction of sp³-hybridized carbons (Fsp3) is 0.250. The van der Waals surface area contributed by atoms with Crippen molar-refractivity contribution in [3.05, 3.63) is 35.9 Å². The molecule has 0 fully saturated rings. The number of benzene rings is 1. The van der Waals surface area contributed by atoms with Gasteiger partial charge in [0.05, 0.1) is 12.8 Å². The van der Waals surface area contributed by atoms with Crippen LogP contribution in [-0.4, -0.2) is 39.3 Å². The zero-order chi connectivity index (χ0) is 14.8. The summed E-state index contributed by atoms with van der Waals surface area (Å²) in [5.74, 6) is -3.28. The Labute approximate surface area is 109 Å². The molecule has 104 valence electrons. The van der Waals surface area contributed by atoms with Crippen molar-refractivity contribution in [2.45, 2.75) is 18.9 Å². The van der Waals surface area contributed by atoms with E-state index in [9.17, 15) is 14.4 Å². The van der Waals surface area contributed by atoms with Gasteiger partial charge in [-0.05, 0) is 5.56 Å². The van der Waals surface area contributed by atoms with E-state index in [2.05, 4.69) is 0 Å². The van der Waals surface area contributed by atoms with Gasteiger partial charge in [0, 0.05) is 0 Å². The van der Waals surface area contributed by atoms with E-state index in [0.717, 1.165) is 5.56 Å². The van der Waals surface area contributed by atoms with E-state index in [1.54, 1.807) is 12.1 Å². The molecule has 0 saturated carbocycles. The molecule has 0 saturated heterocycles. The van der Waals surface area contributed by atoms with Crippen molar-refractivity contribution in [2.24, 2.45) is 5.73 Å². The molecule has 1 atom stereocenters. The Bertz CT molecular complexity index is 431. The van der Waals surface area contributed by atoms with E-state index >= 15 is 0 Å². The smallest absolute Gasteiger partial charge is 0.321 e. The quantitative estimate of drug-likeness (QED) is 0.598. The predicted molar refractivity (Wildman–Crippen MR) is 65.6 cm³/mol. The molecular formula is C12H15NO6. The molecule has 0 heterocycles. The van der Waals surface area contributed by atoms with Gasteiger partial charge in [0.15, 0.2) is 0 Å². The molecule has 0 unspecified atom stereocenters. The molecule has 0 aliphatic rings. The molecule has 19 heavy (non-hydrogen) atoms. The van der Waals surface area contributed by atoms with E-state index in [-0.39, 0.29) is 6.42 Å². The summed E-state index contributed by atoms with van der Waals surface area (Å²) in [7, 11) is 0. The summed E-state index contributed by atoms with van der Waals surface area (Å²) in [6.45, 7) is 0. The predicted octanol–water partition coefficient (Wildman–Crippen LogP) is 0.187. The van der Waals surface area contributed by atoms with E-state index in [0.29, 0.717) is 0 Å². The van der Waals surface area contributed by atoms with Gasteiger partial charge in [-0.15, -0.1) is 0 Å². The average molecular weight is 269 g/mol. The topological polar surface area (TPSA) is 138 Å². The van der Waals surface area contributed by atoms with Gasteiger partial charge in [-0.1, -0.05) is 30.3 Å². The molecule has 1 aromatic carbocycles. The molecule has 7 heteroatoms. The van der Waals surface area contributed by atoms with Gasteiger partial charge >= 0.3 is 17.9 Å². The second-order valence-electron chi connectivity index (χ2n) is 3.60. The molecule has 0 radical (unpaired) electrons. The molecule has 0 amide bonds. The zero-order valence-corrected chi connectivity index (χ0v) is 10.0. The van der Waals surface area contributed by atoms with Gasteiger partial charge in [0.2, 0.25) is 0 Å². The number of hydrogen-bond donors (Lipinski definition) is 4. The highest BCUT2D eigenvalue weighted by molar-refractivity contribution is 5.80. The fourth-order valence-corrected chi connectivity index (χ4v) is 1.05. The van der Waals surface area contributed by atoms with Crippen LogP contribution in [0.15, 0.2) is 30.3 Å². The minimum atomic E-state index is -1.29. The summed E-state index contributed by atoms with van der Waals surface area (Å²) in [6.07, 6.45) is -0.420. The maximum Gasteiger partial charge on any atom is 0.321 e. The molecule has 0 aromatic heterocycles. The summed E-state index contributed by atoms with van der Waals surface area (Å²) < 4.78 is 0. The molecule has 0 aliphatic carbocycles. The lowest BCUT2D eigenvalue weighted by atomic mass is 10.2. The van der Waals surface area contributed by atoms with Crippen LogP contribution in [0.5, 0.6) is 0 Å². The van der Waals surface area contributed by atoms with Crippen molar-refractivity contribution in [1.29, 1.82) is 0 Å². The van der Waals surface area contributed by atoms with Gasteiger partial charge in [-0.25, -0.2) is 0 Å². The second-order valence-corrected chi connectivity index (χ2v) is 3.60. The number of hydrogen-bond acceptors (Lipinski definition) is 4. The summed E-state index contributed by atoms with van der Waals surface area (Å²) in [6, 6.07) is 7.84. The zero-order valence-electron chi connectivity index (χ0n) is 10.0. The Morgan fingerprint density at radius 2 is 1.53 bits per heavy atom. The van der Waals surface area contributed by atoms with Gasteiger partial charge in [-0.2, -0.15) is 0 Å². The van der Waals surface area contributed by atoms with E-state index in [4.69, 9.17) is 21.1 Å². The standard InChI is InChI=1S/C8H8O2.C4H7NO4/c9-8(10)6-7-4-2-1-3-5-7;5-2(4(8)9)1-3(6)7/h1-5H,6H2,(H,9,10);2H,1,5H2,(H,6,7)(H,8,9)/t;2-/m.0/s1. The van der Waals surface area contributed by atoms with Gasteiger partial charge in [-0.3, -0.25) is 14.4 Å². The maximum atomic E-state index is 10.2. The van der Waals surface area contributed by atoms with Crippen molar-refractivity contribution in [1.82, 2.24) is 0 Å². The average Bonchev–Trinajstić information content (AvgIpc) is 2.29. The first-order chi connectivity index (χ1) is 8.82. The highest BCUT2D eigenvalue weighted by Gasteiger charge is 2.14. The largest absolute Gasteiger partial charge is 0.481 e. The van der Waals surface area contributed by atoms with Crippen LogP contribution >= 0.6 is 0 Å². The van der Waals surface area contributed by atoms with Crippen LogP contribution in [0.2, 0.25) is 0 Å². The highest BCUT2D eigenvalue weighted by atomic mass is 16.4. The number of aliphatic carboxylic acids is 3. The number of rotatable bonds is 5. The third-order valence-electron chi connectivity index (χ3n) is 1.91. The summed E-state index contributed by atoms with van der Waals surface area (Å²) in [5, 5.41) is 24.4. The molecular weight excluding hydrogens is 254 g/mol. The van der Waals surface area contributed by atoms with Crippen molar-refractivity contribution in [3.63, 3.8) is 0 Å². The van der Waals surface area contributed by atoms with E-state index in [1.807, 2.05) is 18.2 Å². The Kier molecular flexibility index (Phi) is 7.55. The maximum absolute atomic E-state index is 10.2. The summed E-state index contributed by atoms with van der Waals surface area (Å²) >= 11 is 0. The second kappa shape index (κ2) is 8.65. The summed E-state index contributed by atoms with van der Waals surface area (Å²) in [5.41, 5.74) is 5.68. The third kappa shape index (κ3) is 9.31. The van der Waals surface area contributed by atoms with Crippen molar-refractivity contribution in [3.8, 4) is 0 Å². The monoisotopic (exact) mass is 269 g/mol.